The minimum absolute atomic E-state index is 0.0129. The summed E-state index contributed by atoms with van der Waals surface area (Å²) >= 11 is 0. The van der Waals surface area contributed by atoms with Crippen molar-refractivity contribution < 1.29 is 4.79 Å². The number of piperidine rings is 1. The molecule has 0 radical (unpaired) electrons. The van der Waals surface area contributed by atoms with Gasteiger partial charge in [-0.15, -0.1) is 10.2 Å². The van der Waals surface area contributed by atoms with E-state index < -0.39 is 0 Å². The maximum absolute atomic E-state index is 12.6. The van der Waals surface area contributed by atoms with Crippen molar-refractivity contribution in [2.45, 2.75) is 38.6 Å². The third kappa shape index (κ3) is 4.40. The van der Waals surface area contributed by atoms with Crippen molar-refractivity contribution in [1.29, 1.82) is 0 Å². The first kappa shape index (κ1) is 16.7. The smallest absolute Gasteiger partial charge is 0.274 e. The van der Waals surface area contributed by atoms with Crippen molar-refractivity contribution >= 4 is 11.7 Å². The van der Waals surface area contributed by atoms with Crippen LogP contribution >= 0.6 is 0 Å². The molecule has 1 unspecified atom stereocenters. The van der Waals surface area contributed by atoms with Gasteiger partial charge in [0.2, 0.25) is 0 Å². The van der Waals surface area contributed by atoms with Gasteiger partial charge in [-0.2, -0.15) is 0 Å². The topological polar surface area (TPSA) is 61.4 Å². The first-order valence-corrected chi connectivity index (χ1v) is 8.15. The fourth-order valence-electron chi connectivity index (χ4n) is 2.79. The summed E-state index contributed by atoms with van der Waals surface area (Å²) in [5.41, 5.74) is 0.443. The van der Waals surface area contributed by atoms with Gasteiger partial charge < -0.3 is 15.1 Å². The van der Waals surface area contributed by atoms with E-state index in [9.17, 15) is 4.79 Å². The normalized spacial score (nSPS) is 18.5. The third-order valence-electron chi connectivity index (χ3n) is 4.11. The Labute approximate surface area is 132 Å². The summed E-state index contributed by atoms with van der Waals surface area (Å²) in [7, 11) is 4.05. The molecule has 1 aromatic rings. The predicted octanol–water partition coefficient (Wildman–Crippen LogP) is 1.85. The lowest BCUT2D eigenvalue weighted by molar-refractivity contribution is 0.0601. The van der Waals surface area contributed by atoms with Gasteiger partial charge in [-0.05, 0) is 51.9 Å². The average molecular weight is 305 g/mol. The van der Waals surface area contributed by atoms with Gasteiger partial charge in [0.25, 0.3) is 5.91 Å². The molecule has 1 aliphatic rings. The number of nitrogens with zero attached hydrogens (tertiary/aromatic N) is 4. The van der Waals surface area contributed by atoms with E-state index in [2.05, 4.69) is 27.3 Å². The Balaban J connectivity index is 1.95. The number of aromatic nitrogens is 2. The monoisotopic (exact) mass is 305 g/mol. The Morgan fingerprint density at radius 1 is 1.36 bits per heavy atom. The maximum Gasteiger partial charge on any atom is 0.274 e. The molecular weight excluding hydrogens is 278 g/mol. The number of hydrogen-bond donors (Lipinski definition) is 1. The molecule has 1 aromatic heterocycles. The summed E-state index contributed by atoms with van der Waals surface area (Å²) in [6.45, 7) is 4.70. The Morgan fingerprint density at radius 2 is 2.18 bits per heavy atom. The van der Waals surface area contributed by atoms with Gasteiger partial charge in [0.1, 0.15) is 5.82 Å². The molecule has 0 aromatic carbocycles. The molecule has 0 aliphatic carbocycles. The molecule has 1 N–H and O–H groups in total. The number of likely N-dealkylation sites (tertiary alicyclic amines) is 1. The zero-order valence-electron chi connectivity index (χ0n) is 13.9. The SMILES string of the molecule is CCC1CCCCN1C(=O)c1ccc(NCCN(C)C)nn1. The van der Waals surface area contributed by atoms with Crippen LogP contribution in [0.1, 0.15) is 43.1 Å². The Bertz CT molecular complexity index is 474. The van der Waals surface area contributed by atoms with E-state index in [1.807, 2.05) is 25.1 Å². The number of likely N-dealkylation sites (N-methyl/N-ethyl adjacent to an activating group) is 1. The van der Waals surface area contributed by atoms with Crippen molar-refractivity contribution in [3.63, 3.8) is 0 Å². The van der Waals surface area contributed by atoms with Crippen LogP contribution in [-0.4, -0.2) is 65.7 Å². The highest BCUT2D eigenvalue weighted by atomic mass is 16.2. The van der Waals surface area contributed by atoms with E-state index in [1.54, 1.807) is 6.07 Å². The number of nitrogens with one attached hydrogen (secondary N) is 1. The molecule has 6 heteroatoms. The van der Waals surface area contributed by atoms with E-state index in [4.69, 9.17) is 0 Å². The molecule has 122 valence electrons. The van der Waals surface area contributed by atoms with Crippen LogP contribution in [0.25, 0.3) is 0 Å². The largest absolute Gasteiger partial charge is 0.367 e. The fraction of sp³-hybridized carbons (Fsp3) is 0.688. The standard InChI is InChI=1S/C16H27N5O/c1-4-13-7-5-6-11-21(13)16(22)14-8-9-15(19-18-14)17-10-12-20(2)3/h8-9,13H,4-7,10-12H2,1-3H3,(H,17,19). The zero-order chi connectivity index (χ0) is 15.9. The van der Waals surface area contributed by atoms with Crippen molar-refractivity contribution in [1.82, 2.24) is 20.0 Å². The molecule has 22 heavy (non-hydrogen) atoms. The fourth-order valence-corrected chi connectivity index (χ4v) is 2.79. The second-order valence-electron chi connectivity index (χ2n) is 6.09. The molecule has 1 atom stereocenters. The number of carbonyl (C=O) groups is 1. The van der Waals surface area contributed by atoms with Crippen molar-refractivity contribution in [2.24, 2.45) is 0 Å². The van der Waals surface area contributed by atoms with Crippen LogP contribution in [0.15, 0.2) is 12.1 Å². The van der Waals surface area contributed by atoms with Gasteiger partial charge in [0, 0.05) is 25.7 Å². The molecule has 6 nitrogen and oxygen atoms in total. The summed E-state index contributed by atoms with van der Waals surface area (Å²) in [6, 6.07) is 3.95. The lowest BCUT2D eigenvalue weighted by Crippen LogP contribution is -2.43. The summed E-state index contributed by atoms with van der Waals surface area (Å²) < 4.78 is 0. The summed E-state index contributed by atoms with van der Waals surface area (Å²) in [4.78, 5) is 16.6. The zero-order valence-corrected chi connectivity index (χ0v) is 13.9. The van der Waals surface area contributed by atoms with E-state index in [0.717, 1.165) is 38.9 Å². The van der Waals surface area contributed by atoms with Gasteiger partial charge in [0.05, 0.1) is 0 Å². The summed E-state index contributed by atoms with van der Waals surface area (Å²) in [6.07, 6.45) is 4.39. The van der Waals surface area contributed by atoms with Crippen LogP contribution in [0.5, 0.6) is 0 Å². The highest BCUT2D eigenvalue weighted by Gasteiger charge is 2.27. The Hall–Kier alpha value is -1.69. The molecule has 0 bridgehead atoms. The highest BCUT2D eigenvalue weighted by molar-refractivity contribution is 5.92. The summed E-state index contributed by atoms with van der Waals surface area (Å²) in [5, 5.41) is 11.4. The second kappa shape index (κ2) is 8.08. The lowest BCUT2D eigenvalue weighted by Gasteiger charge is -2.34. The molecule has 0 saturated carbocycles. The summed E-state index contributed by atoms with van der Waals surface area (Å²) in [5.74, 6) is 0.725. The molecular formula is C16H27N5O. The van der Waals surface area contributed by atoms with E-state index in [0.29, 0.717) is 17.6 Å². The van der Waals surface area contributed by atoms with Crippen molar-refractivity contribution in [3.8, 4) is 0 Å². The van der Waals surface area contributed by atoms with Gasteiger partial charge >= 0.3 is 0 Å². The second-order valence-corrected chi connectivity index (χ2v) is 6.09. The maximum atomic E-state index is 12.6. The van der Waals surface area contributed by atoms with Gasteiger partial charge in [-0.1, -0.05) is 6.92 Å². The van der Waals surface area contributed by atoms with Crippen LogP contribution in [0.3, 0.4) is 0 Å². The van der Waals surface area contributed by atoms with E-state index >= 15 is 0 Å². The number of rotatable bonds is 6. The van der Waals surface area contributed by atoms with Crippen molar-refractivity contribution in [2.75, 3.05) is 39.0 Å². The van der Waals surface area contributed by atoms with Gasteiger partial charge in [-0.25, -0.2) is 0 Å². The lowest BCUT2D eigenvalue weighted by atomic mass is 9.99. The molecule has 1 amide bonds. The average Bonchev–Trinajstić information content (AvgIpc) is 2.54. The minimum Gasteiger partial charge on any atom is -0.367 e. The third-order valence-corrected chi connectivity index (χ3v) is 4.11. The quantitative estimate of drug-likeness (QED) is 0.869. The Morgan fingerprint density at radius 3 is 2.82 bits per heavy atom. The highest BCUT2D eigenvalue weighted by Crippen LogP contribution is 2.21. The van der Waals surface area contributed by atoms with Crippen LogP contribution in [0, 0.1) is 0 Å². The van der Waals surface area contributed by atoms with Crippen LogP contribution in [-0.2, 0) is 0 Å². The van der Waals surface area contributed by atoms with Gasteiger partial charge in [0.15, 0.2) is 5.69 Å². The van der Waals surface area contributed by atoms with Crippen LogP contribution in [0.2, 0.25) is 0 Å². The molecule has 1 saturated heterocycles. The predicted molar refractivity (Wildman–Crippen MR) is 88.0 cm³/mol. The first-order valence-electron chi connectivity index (χ1n) is 8.15. The number of anilines is 1. The van der Waals surface area contributed by atoms with Gasteiger partial charge in [-0.3, -0.25) is 4.79 Å². The molecule has 1 aliphatic heterocycles. The Kier molecular flexibility index (Phi) is 6.12. The number of amides is 1. The van der Waals surface area contributed by atoms with Crippen LogP contribution in [0.4, 0.5) is 5.82 Å². The number of carbonyl (C=O) groups excluding carboxylic acids is 1. The molecule has 2 heterocycles. The molecule has 2 rings (SSSR count). The molecule has 1 fully saturated rings. The van der Waals surface area contributed by atoms with Crippen LogP contribution < -0.4 is 5.32 Å². The van der Waals surface area contributed by atoms with E-state index in [1.165, 1.54) is 6.42 Å². The minimum atomic E-state index is 0.0129. The van der Waals surface area contributed by atoms with E-state index in [-0.39, 0.29) is 5.91 Å². The number of hydrogen-bond acceptors (Lipinski definition) is 5. The molecule has 0 spiro atoms. The first-order chi connectivity index (χ1) is 10.6. The van der Waals surface area contributed by atoms with Crippen molar-refractivity contribution in [3.05, 3.63) is 17.8 Å².